The van der Waals surface area contributed by atoms with Crippen LogP contribution in [0.15, 0.2) is 18.2 Å². The summed E-state index contributed by atoms with van der Waals surface area (Å²) in [5, 5.41) is 0.275. The van der Waals surface area contributed by atoms with Gasteiger partial charge < -0.3 is 9.64 Å². The summed E-state index contributed by atoms with van der Waals surface area (Å²) in [6.45, 7) is 3.93. The summed E-state index contributed by atoms with van der Waals surface area (Å²) in [4.78, 5) is 14.4. The molecule has 0 N–H and O–H groups in total. The van der Waals surface area contributed by atoms with E-state index < -0.39 is 10.0 Å². The molecule has 1 unspecified atom stereocenters. The Hall–Kier alpha value is -1.31. The maximum absolute atomic E-state index is 12.7. The van der Waals surface area contributed by atoms with Crippen LogP contribution < -0.4 is 4.31 Å². The minimum absolute atomic E-state index is 0.00975. The second-order valence-corrected chi connectivity index (χ2v) is 8.60. The number of carbonyl (C=O) groups is 1. The lowest BCUT2D eigenvalue weighted by Gasteiger charge is -2.33. The Labute approximate surface area is 147 Å². The SMILES string of the molecule is CC1COCCN1C(=O)c1ccc(N2CCCCS2(=O)=O)cc1Cl. The topological polar surface area (TPSA) is 66.9 Å². The van der Waals surface area contributed by atoms with E-state index in [-0.39, 0.29) is 22.7 Å². The van der Waals surface area contributed by atoms with Gasteiger partial charge >= 0.3 is 0 Å². The van der Waals surface area contributed by atoms with E-state index in [9.17, 15) is 13.2 Å². The fourth-order valence-corrected chi connectivity index (χ4v) is 4.98. The first kappa shape index (κ1) is 17.5. The van der Waals surface area contributed by atoms with Crippen LogP contribution in [-0.2, 0) is 14.8 Å². The van der Waals surface area contributed by atoms with E-state index in [0.717, 1.165) is 6.42 Å². The number of nitrogens with zero attached hydrogens (tertiary/aromatic N) is 2. The number of halogens is 1. The van der Waals surface area contributed by atoms with E-state index in [1.165, 1.54) is 4.31 Å². The third kappa shape index (κ3) is 3.38. The van der Waals surface area contributed by atoms with Gasteiger partial charge in [-0.2, -0.15) is 0 Å². The maximum atomic E-state index is 12.7. The first-order valence-electron chi connectivity index (χ1n) is 8.09. The van der Waals surface area contributed by atoms with Crippen LogP contribution in [0.4, 0.5) is 5.69 Å². The Morgan fingerprint density at radius 3 is 2.75 bits per heavy atom. The van der Waals surface area contributed by atoms with Gasteiger partial charge in [0.2, 0.25) is 10.0 Å². The molecule has 1 atom stereocenters. The highest BCUT2D eigenvalue weighted by Gasteiger charge is 2.29. The molecule has 2 heterocycles. The van der Waals surface area contributed by atoms with Crippen molar-refractivity contribution in [1.29, 1.82) is 0 Å². The summed E-state index contributed by atoms with van der Waals surface area (Å²) >= 11 is 6.30. The second-order valence-electron chi connectivity index (χ2n) is 6.18. The van der Waals surface area contributed by atoms with Crippen LogP contribution in [-0.4, -0.2) is 57.3 Å². The van der Waals surface area contributed by atoms with Crippen LogP contribution in [0, 0.1) is 0 Å². The number of ether oxygens (including phenoxy) is 1. The first-order valence-corrected chi connectivity index (χ1v) is 10.1. The van der Waals surface area contributed by atoms with Gasteiger partial charge in [-0.3, -0.25) is 9.10 Å². The van der Waals surface area contributed by atoms with Crippen LogP contribution in [0.25, 0.3) is 0 Å². The normalized spacial score (nSPS) is 24.0. The van der Waals surface area contributed by atoms with Gasteiger partial charge in [0.1, 0.15) is 0 Å². The van der Waals surface area contributed by atoms with Gasteiger partial charge in [0.15, 0.2) is 0 Å². The van der Waals surface area contributed by atoms with Gasteiger partial charge in [-0.1, -0.05) is 11.6 Å². The van der Waals surface area contributed by atoms with Gasteiger partial charge in [-0.15, -0.1) is 0 Å². The van der Waals surface area contributed by atoms with Crippen molar-refractivity contribution in [2.45, 2.75) is 25.8 Å². The summed E-state index contributed by atoms with van der Waals surface area (Å²) in [6, 6.07) is 4.84. The van der Waals surface area contributed by atoms with Crippen molar-refractivity contribution in [2.75, 3.05) is 36.4 Å². The molecule has 8 heteroatoms. The highest BCUT2D eigenvalue weighted by molar-refractivity contribution is 7.92. The fraction of sp³-hybridized carbons (Fsp3) is 0.562. The molecule has 2 saturated heterocycles. The maximum Gasteiger partial charge on any atom is 0.255 e. The second kappa shape index (κ2) is 6.90. The summed E-state index contributed by atoms with van der Waals surface area (Å²) < 4.78 is 31.1. The highest BCUT2D eigenvalue weighted by Crippen LogP contribution is 2.29. The number of amides is 1. The molecule has 0 aliphatic carbocycles. The zero-order valence-electron chi connectivity index (χ0n) is 13.6. The molecule has 24 heavy (non-hydrogen) atoms. The molecule has 1 aromatic rings. The molecule has 1 amide bonds. The molecule has 0 aromatic heterocycles. The quantitative estimate of drug-likeness (QED) is 0.797. The summed E-state index contributed by atoms with van der Waals surface area (Å²) in [5.41, 5.74) is 0.912. The van der Waals surface area contributed by atoms with Gasteiger partial charge in [-0.05, 0) is 38.0 Å². The van der Waals surface area contributed by atoms with Crippen LogP contribution in [0.5, 0.6) is 0 Å². The number of hydrogen-bond donors (Lipinski definition) is 0. The van der Waals surface area contributed by atoms with Crippen molar-refractivity contribution in [2.24, 2.45) is 0 Å². The molecule has 1 aromatic carbocycles. The molecule has 2 aliphatic heterocycles. The summed E-state index contributed by atoms with van der Waals surface area (Å²) in [6.07, 6.45) is 1.50. The Morgan fingerprint density at radius 1 is 1.29 bits per heavy atom. The van der Waals surface area contributed by atoms with Gasteiger partial charge in [0.05, 0.1) is 41.3 Å². The molecular formula is C16H21ClN2O4S. The van der Waals surface area contributed by atoms with E-state index in [1.807, 2.05) is 6.92 Å². The zero-order chi connectivity index (χ0) is 17.3. The number of benzene rings is 1. The van der Waals surface area contributed by atoms with Crippen molar-refractivity contribution in [1.82, 2.24) is 4.90 Å². The predicted molar refractivity (Wildman–Crippen MR) is 93.1 cm³/mol. The Balaban J connectivity index is 1.86. The van der Waals surface area contributed by atoms with Crippen molar-refractivity contribution < 1.29 is 17.9 Å². The van der Waals surface area contributed by atoms with Gasteiger partial charge in [0.25, 0.3) is 5.91 Å². The van der Waals surface area contributed by atoms with E-state index >= 15 is 0 Å². The van der Waals surface area contributed by atoms with Crippen LogP contribution in [0.2, 0.25) is 5.02 Å². The lowest BCUT2D eigenvalue weighted by atomic mass is 10.1. The predicted octanol–water partition coefficient (Wildman–Crippen LogP) is 2.13. The molecule has 0 saturated carbocycles. The number of rotatable bonds is 2. The molecule has 0 bridgehead atoms. The van der Waals surface area contributed by atoms with Crippen LogP contribution in [0.3, 0.4) is 0 Å². The third-order valence-electron chi connectivity index (χ3n) is 4.45. The molecular weight excluding hydrogens is 352 g/mol. The number of sulfonamides is 1. The Bertz CT molecular complexity index is 738. The lowest BCUT2D eigenvalue weighted by Crippen LogP contribution is -2.47. The molecule has 2 fully saturated rings. The van der Waals surface area contributed by atoms with E-state index in [1.54, 1.807) is 23.1 Å². The number of anilines is 1. The molecule has 2 aliphatic rings. The molecule has 0 radical (unpaired) electrons. The smallest absolute Gasteiger partial charge is 0.255 e. The Morgan fingerprint density at radius 2 is 2.08 bits per heavy atom. The van der Waals surface area contributed by atoms with Crippen molar-refractivity contribution in [3.8, 4) is 0 Å². The fourth-order valence-electron chi connectivity index (χ4n) is 3.10. The number of hydrogen-bond acceptors (Lipinski definition) is 4. The highest BCUT2D eigenvalue weighted by atomic mass is 35.5. The summed E-state index contributed by atoms with van der Waals surface area (Å²) in [7, 11) is -3.29. The molecule has 0 spiro atoms. The average molecular weight is 373 g/mol. The lowest BCUT2D eigenvalue weighted by molar-refractivity contribution is 0.00360. The van der Waals surface area contributed by atoms with E-state index in [0.29, 0.717) is 44.0 Å². The van der Waals surface area contributed by atoms with E-state index in [2.05, 4.69) is 0 Å². The number of carbonyl (C=O) groups excluding carboxylic acids is 1. The van der Waals surface area contributed by atoms with Gasteiger partial charge in [-0.25, -0.2) is 8.42 Å². The van der Waals surface area contributed by atoms with Crippen LogP contribution in [0.1, 0.15) is 30.1 Å². The zero-order valence-corrected chi connectivity index (χ0v) is 15.1. The third-order valence-corrected chi connectivity index (χ3v) is 6.63. The minimum atomic E-state index is -3.29. The molecule has 3 rings (SSSR count). The van der Waals surface area contributed by atoms with E-state index in [4.69, 9.17) is 16.3 Å². The van der Waals surface area contributed by atoms with Crippen LogP contribution >= 0.6 is 11.6 Å². The molecule has 132 valence electrons. The summed E-state index contributed by atoms with van der Waals surface area (Å²) in [5.74, 6) is 0.000187. The van der Waals surface area contributed by atoms with Crippen molar-refractivity contribution in [3.05, 3.63) is 28.8 Å². The first-order chi connectivity index (χ1) is 11.4. The largest absolute Gasteiger partial charge is 0.377 e. The van der Waals surface area contributed by atoms with Crippen molar-refractivity contribution in [3.63, 3.8) is 0 Å². The number of morpholine rings is 1. The monoisotopic (exact) mass is 372 g/mol. The van der Waals surface area contributed by atoms with Gasteiger partial charge in [0, 0.05) is 13.1 Å². The minimum Gasteiger partial charge on any atom is -0.377 e. The average Bonchev–Trinajstić information content (AvgIpc) is 2.54. The van der Waals surface area contributed by atoms with Crippen molar-refractivity contribution >= 4 is 33.2 Å². The Kier molecular flexibility index (Phi) is 5.03. The molecule has 6 nitrogen and oxygen atoms in total. The standard InChI is InChI=1S/C16H21ClN2O4S/c1-12-11-23-8-7-18(12)16(20)14-5-4-13(10-15(14)17)19-6-2-3-9-24(19,21)22/h4-5,10,12H,2-3,6-9,11H2,1H3.